The van der Waals surface area contributed by atoms with E-state index in [4.69, 9.17) is 4.74 Å². The molecule has 0 fully saturated rings. The van der Waals surface area contributed by atoms with Crippen molar-refractivity contribution in [3.63, 3.8) is 0 Å². The van der Waals surface area contributed by atoms with E-state index < -0.39 is 17.6 Å². The number of alkyl halides is 3. The summed E-state index contributed by atoms with van der Waals surface area (Å²) in [5.41, 5.74) is 0.418. The molecule has 0 aliphatic heterocycles. The maximum atomic E-state index is 12.7. The summed E-state index contributed by atoms with van der Waals surface area (Å²) < 4.78 is 43.4. The van der Waals surface area contributed by atoms with E-state index in [0.717, 1.165) is 17.7 Å². The number of hydrogen-bond donors (Lipinski definition) is 1. The molecule has 6 heteroatoms. The highest BCUT2D eigenvalue weighted by Gasteiger charge is 2.30. The number of nitrogens with one attached hydrogen (secondary N) is 1. The van der Waals surface area contributed by atoms with Gasteiger partial charge in [0.1, 0.15) is 5.75 Å². The van der Waals surface area contributed by atoms with Crippen LogP contribution in [0.15, 0.2) is 42.5 Å². The molecule has 0 aromatic heterocycles. The summed E-state index contributed by atoms with van der Waals surface area (Å²) in [5.74, 6) is 0.193. The first-order chi connectivity index (χ1) is 10.8. The van der Waals surface area contributed by atoms with Gasteiger partial charge < -0.3 is 10.1 Å². The predicted molar refractivity (Wildman–Crippen MR) is 81.7 cm³/mol. The Kier molecular flexibility index (Phi) is 4.93. The lowest BCUT2D eigenvalue weighted by Crippen LogP contribution is -2.13. The van der Waals surface area contributed by atoms with E-state index in [1.165, 1.54) is 12.1 Å². The van der Waals surface area contributed by atoms with Gasteiger partial charge in [-0.3, -0.25) is 4.79 Å². The number of amides is 1. The van der Waals surface area contributed by atoms with Crippen molar-refractivity contribution in [2.24, 2.45) is 0 Å². The Morgan fingerprint density at radius 1 is 1.17 bits per heavy atom. The molecule has 2 rings (SSSR count). The second-order valence-corrected chi connectivity index (χ2v) is 4.95. The van der Waals surface area contributed by atoms with Crippen LogP contribution in [0.4, 0.5) is 18.9 Å². The topological polar surface area (TPSA) is 38.3 Å². The predicted octanol–water partition coefficient (Wildman–Crippen LogP) is 4.66. The van der Waals surface area contributed by atoms with Crippen LogP contribution in [0.25, 0.3) is 0 Å². The average molecular weight is 323 g/mol. The molecule has 0 unspecified atom stereocenters. The lowest BCUT2D eigenvalue weighted by molar-refractivity contribution is -0.137. The summed E-state index contributed by atoms with van der Waals surface area (Å²) in [6.45, 7) is 4.16. The monoisotopic (exact) mass is 323 g/mol. The van der Waals surface area contributed by atoms with Gasteiger partial charge in [0.15, 0.2) is 0 Å². The fourth-order valence-electron chi connectivity index (χ4n) is 2.08. The van der Waals surface area contributed by atoms with Gasteiger partial charge in [0.25, 0.3) is 5.91 Å². The number of carbonyl (C=O) groups is 1. The van der Waals surface area contributed by atoms with E-state index in [1.807, 2.05) is 6.92 Å². The van der Waals surface area contributed by atoms with Crippen LogP contribution < -0.4 is 10.1 Å². The molecule has 1 N–H and O–H groups in total. The Labute approximate surface area is 132 Å². The van der Waals surface area contributed by atoms with Gasteiger partial charge >= 0.3 is 6.18 Å². The Balaban J connectivity index is 2.18. The fourth-order valence-corrected chi connectivity index (χ4v) is 2.08. The highest BCUT2D eigenvalue weighted by Crippen LogP contribution is 2.30. The van der Waals surface area contributed by atoms with Crippen LogP contribution in [0.3, 0.4) is 0 Å². The maximum Gasteiger partial charge on any atom is 0.416 e. The smallest absolute Gasteiger partial charge is 0.416 e. The van der Waals surface area contributed by atoms with Crippen LogP contribution in [0.1, 0.15) is 28.4 Å². The van der Waals surface area contributed by atoms with Gasteiger partial charge in [-0.2, -0.15) is 13.2 Å². The highest BCUT2D eigenvalue weighted by atomic mass is 19.4. The van der Waals surface area contributed by atoms with Crippen LogP contribution in [0, 0.1) is 6.92 Å². The number of carbonyl (C=O) groups excluding carboxylic acids is 1. The van der Waals surface area contributed by atoms with Crippen LogP contribution >= 0.6 is 0 Å². The summed E-state index contributed by atoms with van der Waals surface area (Å²) >= 11 is 0. The summed E-state index contributed by atoms with van der Waals surface area (Å²) in [6.07, 6.45) is -4.45. The lowest BCUT2D eigenvalue weighted by atomic mass is 10.1. The third kappa shape index (κ3) is 4.25. The Morgan fingerprint density at radius 3 is 2.52 bits per heavy atom. The van der Waals surface area contributed by atoms with Gasteiger partial charge in [0.2, 0.25) is 0 Å². The van der Waals surface area contributed by atoms with Gasteiger partial charge in [0.05, 0.1) is 12.2 Å². The largest absolute Gasteiger partial charge is 0.494 e. The fraction of sp³-hybridized carbons (Fsp3) is 0.235. The molecule has 0 spiro atoms. The van der Waals surface area contributed by atoms with Gasteiger partial charge in [-0.1, -0.05) is 6.07 Å². The van der Waals surface area contributed by atoms with E-state index in [2.05, 4.69) is 5.32 Å². The molecule has 2 aromatic carbocycles. The second-order valence-electron chi connectivity index (χ2n) is 4.95. The van der Waals surface area contributed by atoms with Crippen molar-refractivity contribution in [2.45, 2.75) is 20.0 Å². The Morgan fingerprint density at radius 2 is 1.91 bits per heavy atom. The average Bonchev–Trinajstić information content (AvgIpc) is 2.49. The number of aryl methyl sites for hydroxylation is 1. The van der Waals surface area contributed by atoms with Crippen molar-refractivity contribution in [1.82, 2.24) is 0 Å². The van der Waals surface area contributed by atoms with Gasteiger partial charge in [-0.05, 0) is 55.8 Å². The molecule has 0 atom stereocenters. The first-order valence-electron chi connectivity index (χ1n) is 7.03. The van der Waals surface area contributed by atoms with E-state index >= 15 is 0 Å². The molecule has 0 heterocycles. The van der Waals surface area contributed by atoms with Gasteiger partial charge in [-0.25, -0.2) is 0 Å². The van der Waals surface area contributed by atoms with Crippen LogP contribution in [-0.4, -0.2) is 12.5 Å². The number of hydrogen-bond acceptors (Lipinski definition) is 2. The minimum atomic E-state index is -4.45. The van der Waals surface area contributed by atoms with Crippen molar-refractivity contribution in [3.05, 3.63) is 59.2 Å². The Hall–Kier alpha value is -2.50. The molecule has 0 bridgehead atoms. The molecule has 3 nitrogen and oxygen atoms in total. The summed E-state index contributed by atoms with van der Waals surface area (Å²) in [7, 11) is 0. The molecule has 0 radical (unpaired) electrons. The zero-order chi connectivity index (χ0) is 17.0. The number of rotatable bonds is 4. The third-order valence-corrected chi connectivity index (χ3v) is 3.18. The molecule has 0 aliphatic carbocycles. The third-order valence-electron chi connectivity index (χ3n) is 3.18. The first-order valence-corrected chi connectivity index (χ1v) is 7.03. The molecule has 0 saturated carbocycles. The molecule has 1 amide bonds. The van der Waals surface area contributed by atoms with Crippen molar-refractivity contribution in [3.8, 4) is 5.75 Å². The molecule has 0 saturated heterocycles. The lowest BCUT2D eigenvalue weighted by Gasteiger charge is -2.11. The van der Waals surface area contributed by atoms with Crippen LogP contribution in [0.5, 0.6) is 5.75 Å². The maximum absolute atomic E-state index is 12.7. The van der Waals surface area contributed by atoms with Crippen LogP contribution in [0.2, 0.25) is 0 Å². The van der Waals surface area contributed by atoms with Crippen molar-refractivity contribution < 1.29 is 22.7 Å². The van der Waals surface area contributed by atoms with E-state index in [1.54, 1.807) is 25.1 Å². The SMILES string of the molecule is CCOc1ccc(C(=O)Nc2cccc(C(F)(F)F)c2)cc1C. The van der Waals surface area contributed by atoms with Gasteiger partial charge in [0, 0.05) is 11.3 Å². The highest BCUT2D eigenvalue weighted by molar-refractivity contribution is 6.04. The van der Waals surface area contributed by atoms with Crippen molar-refractivity contribution in [1.29, 1.82) is 0 Å². The molecule has 2 aromatic rings. The second kappa shape index (κ2) is 6.73. The zero-order valence-electron chi connectivity index (χ0n) is 12.7. The quantitative estimate of drug-likeness (QED) is 0.888. The molecule has 23 heavy (non-hydrogen) atoms. The normalized spacial score (nSPS) is 11.2. The molecular formula is C17H16F3NO2. The number of benzene rings is 2. The van der Waals surface area contributed by atoms with Gasteiger partial charge in [-0.15, -0.1) is 0 Å². The minimum absolute atomic E-state index is 0.0939. The number of anilines is 1. The summed E-state index contributed by atoms with van der Waals surface area (Å²) in [5, 5.41) is 2.47. The van der Waals surface area contributed by atoms with Crippen molar-refractivity contribution >= 4 is 11.6 Å². The number of halogens is 3. The molecule has 122 valence electrons. The summed E-state index contributed by atoms with van der Waals surface area (Å²) in [4.78, 5) is 12.2. The molecule has 0 aliphatic rings. The zero-order valence-corrected chi connectivity index (χ0v) is 12.7. The Bertz CT molecular complexity index is 711. The summed E-state index contributed by atoms with van der Waals surface area (Å²) in [6, 6.07) is 9.39. The van der Waals surface area contributed by atoms with Crippen molar-refractivity contribution in [2.75, 3.05) is 11.9 Å². The van der Waals surface area contributed by atoms with E-state index in [9.17, 15) is 18.0 Å². The molecular weight excluding hydrogens is 307 g/mol. The number of ether oxygens (including phenoxy) is 1. The van der Waals surface area contributed by atoms with E-state index in [0.29, 0.717) is 17.9 Å². The van der Waals surface area contributed by atoms with E-state index in [-0.39, 0.29) is 5.69 Å². The standard InChI is InChI=1S/C17H16F3NO2/c1-3-23-15-8-7-12(9-11(15)2)16(22)21-14-6-4-5-13(10-14)17(18,19)20/h4-10H,3H2,1-2H3,(H,21,22). The van der Waals surface area contributed by atoms with Crippen LogP contribution in [-0.2, 0) is 6.18 Å². The first kappa shape index (κ1) is 16.9. The minimum Gasteiger partial charge on any atom is -0.494 e.